The van der Waals surface area contributed by atoms with Crippen molar-refractivity contribution in [2.75, 3.05) is 32.1 Å². The quantitative estimate of drug-likeness (QED) is 0.664. The van der Waals surface area contributed by atoms with Crippen LogP contribution < -0.4 is 10.2 Å². The molecule has 0 amide bonds. The van der Waals surface area contributed by atoms with E-state index in [9.17, 15) is 0 Å². The second kappa shape index (κ2) is 7.25. The van der Waals surface area contributed by atoms with Gasteiger partial charge in [0.15, 0.2) is 0 Å². The van der Waals surface area contributed by atoms with Crippen LogP contribution in [0, 0.1) is 0 Å². The Kier molecular flexibility index (Phi) is 5.90. The summed E-state index contributed by atoms with van der Waals surface area (Å²) in [5.41, 5.74) is 2.60. The molecule has 0 bridgehead atoms. The Balaban J connectivity index is 2.27. The molecule has 0 saturated carbocycles. The highest BCUT2D eigenvalue weighted by Crippen LogP contribution is 2.11. The number of aliphatic hydroxyl groups is 1. The first kappa shape index (κ1) is 13.0. The zero-order chi connectivity index (χ0) is 11.8. The molecule has 90 valence electrons. The van der Waals surface area contributed by atoms with Gasteiger partial charge >= 0.3 is 0 Å². The molecule has 1 rings (SSSR count). The zero-order valence-electron chi connectivity index (χ0n) is 10.3. The normalized spacial score (nSPS) is 10.4. The number of rotatable bonds is 7. The highest BCUT2D eigenvalue weighted by molar-refractivity contribution is 5.45. The Hall–Kier alpha value is -1.06. The van der Waals surface area contributed by atoms with E-state index >= 15 is 0 Å². The van der Waals surface area contributed by atoms with Gasteiger partial charge in [0.1, 0.15) is 6.54 Å². The number of benzene rings is 1. The fraction of sp³-hybridized carbons (Fsp3) is 0.538. The summed E-state index contributed by atoms with van der Waals surface area (Å²) in [6.45, 7) is 2.43. The molecule has 0 fully saturated rings. The first-order chi connectivity index (χ1) is 7.74. The maximum absolute atomic E-state index is 8.65. The number of quaternary nitrogens is 1. The van der Waals surface area contributed by atoms with Crippen molar-refractivity contribution in [3.05, 3.63) is 29.8 Å². The minimum absolute atomic E-state index is 0.311. The fourth-order valence-corrected chi connectivity index (χ4v) is 1.60. The van der Waals surface area contributed by atoms with Gasteiger partial charge in [0.2, 0.25) is 0 Å². The summed E-state index contributed by atoms with van der Waals surface area (Å²) in [5, 5.41) is 10.9. The van der Waals surface area contributed by atoms with Crippen molar-refractivity contribution >= 4 is 5.69 Å². The fourth-order valence-electron chi connectivity index (χ4n) is 1.60. The van der Waals surface area contributed by atoms with Gasteiger partial charge in [-0.3, -0.25) is 0 Å². The highest BCUT2D eigenvalue weighted by Gasteiger charge is 1.97. The number of unbranched alkanes of at least 4 members (excludes halogenated alkanes) is 1. The maximum atomic E-state index is 8.65. The molecule has 0 radical (unpaired) electrons. The smallest absolute Gasteiger partial charge is 0.101 e. The van der Waals surface area contributed by atoms with Gasteiger partial charge in [-0.1, -0.05) is 12.1 Å². The summed E-state index contributed by atoms with van der Waals surface area (Å²) in [6.07, 6.45) is 2.00. The molecule has 0 unspecified atom stereocenters. The molecule has 0 heterocycles. The molecule has 0 spiro atoms. The third-order valence-corrected chi connectivity index (χ3v) is 2.65. The molecule has 1 aromatic carbocycles. The molecule has 3 heteroatoms. The van der Waals surface area contributed by atoms with E-state index < -0.39 is 0 Å². The number of nitrogens with two attached hydrogens (primary N) is 1. The van der Waals surface area contributed by atoms with Crippen LogP contribution in [0.2, 0.25) is 0 Å². The zero-order valence-corrected chi connectivity index (χ0v) is 10.3. The summed E-state index contributed by atoms with van der Waals surface area (Å²) in [5.74, 6) is 0. The topological polar surface area (TPSA) is 40.1 Å². The third kappa shape index (κ3) is 4.64. The van der Waals surface area contributed by atoms with Gasteiger partial charge in [-0.25, -0.2) is 0 Å². The van der Waals surface area contributed by atoms with E-state index in [1.54, 1.807) is 0 Å². The molecule has 0 atom stereocenters. The Labute approximate surface area is 98.1 Å². The first-order valence-corrected chi connectivity index (χ1v) is 5.93. The van der Waals surface area contributed by atoms with Crippen LogP contribution in [-0.4, -0.2) is 32.4 Å². The van der Waals surface area contributed by atoms with Crippen LogP contribution in [-0.2, 0) is 6.54 Å². The standard InChI is InChI=1S/C13H22N2O/c1-15(2)13-7-5-12(6-8-13)11-14-9-3-4-10-16/h5-8,14,16H,3-4,9-11H2,1-2H3/p+1. The van der Waals surface area contributed by atoms with Gasteiger partial charge in [0.25, 0.3) is 0 Å². The van der Waals surface area contributed by atoms with Gasteiger partial charge in [0, 0.05) is 32.0 Å². The summed E-state index contributed by atoms with van der Waals surface area (Å²) in [7, 11) is 4.10. The van der Waals surface area contributed by atoms with Crippen LogP contribution in [0.5, 0.6) is 0 Å². The molecule has 0 aliphatic carbocycles. The molecular formula is C13H23N2O+. The lowest BCUT2D eigenvalue weighted by molar-refractivity contribution is -0.671. The van der Waals surface area contributed by atoms with Crippen molar-refractivity contribution in [3.63, 3.8) is 0 Å². The lowest BCUT2D eigenvalue weighted by Crippen LogP contribution is -2.82. The van der Waals surface area contributed by atoms with Crippen LogP contribution in [0.1, 0.15) is 18.4 Å². The molecule has 3 N–H and O–H groups in total. The van der Waals surface area contributed by atoms with Crippen molar-refractivity contribution in [3.8, 4) is 0 Å². The largest absolute Gasteiger partial charge is 0.396 e. The van der Waals surface area contributed by atoms with E-state index in [1.165, 1.54) is 11.3 Å². The van der Waals surface area contributed by atoms with Crippen LogP contribution in [0.15, 0.2) is 24.3 Å². The average molecular weight is 223 g/mol. The minimum atomic E-state index is 0.311. The Morgan fingerprint density at radius 3 is 2.38 bits per heavy atom. The van der Waals surface area contributed by atoms with E-state index in [1.807, 2.05) is 0 Å². The van der Waals surface area contributed by atoms with Gasteiger partial charge in [-0.15, -0.1) is 0 Å². The molecule has 1 aromatic rings. The highest BCUT2D eigenvalue weighted by atomic mass is 16.2. The molecule has 0 aromatic heterocycles. The van der Waals surface area contributed by atoms with Crippen molar-refractivity contribution in [2.45, 2.75) is 19.4 Å². The van der Waals surface area contributed by atoms with Crippen LogP contribution in [0.3, 0.4) is 0 Å². The van der Waals surface area contributed by atoms with Crippen LogP contribution in [0.25, 0.3) is 0 Å². The average Bonchev–Trinajstić information content (AvgIpc) is 2.29. The molecule has 0 saturated heterocycles. The molecular weight excluding hydrogens is 200 g/mol. The van der Waals surface area contributed by atoms with E-state index in [0.717, 1.165) is 25.9 Å². The minimum Gasteiger partial charge on any atom is -0.396 e. The lowest BCUT2D eigenvalue weighted by atomic mass is 10.2. The summed E-state index contributed by atoms with van der Waals surface area (Å²) < 4.78 is 0. The molecule has 0 aliphatic heterocycles. The van der Waals surface area contributed by atoms with Crippen molar-refractivity contribution in [1.82, 2.24) is 0 Å². The van der Waals surface area contributed by atoms with E-state index in [2.05, 4.69) is 48.6 Å². The van der Waals surface area contributed by atoms with E-state index in [0.29, 0.717) is 6.61 Å². The van der Waals surface area contributed by atoms with Gasteiger partial charge in [-0.2, -0.15) is 0 Å². The lowest BCUT2D eigenvalue weighted by Gasteiger charge is -2.12. The first-order valence-electron chi connectivity index (χ1n) is 5.93. The van der Waals surface area contributed by atoms with Crippen molar-refractivity contribution in [1.29, 1.82) is 0 Å². The van der Waals surface area contributed by atoms with Crippen LogP contribution >= 0.6 is 0 Å². The predicted molar refractivity (Wildman–Crippen MR) is 67.6 cm³/mol. The number of hydrogen-bond donors (Lipinski definition) is 2. The predicted octanol–water partition coefficient (Wildman–Crippen LogP) is 0.589. The van der Waals surface area contributed by atoms with E-state index in [-0.39, 0.29) is 0 Å². The number of aliphatic hydroxyl groups excluding tert-OH is 1. The number of anilines is 1. The van der Waals surface area contributed by atoms with E-state index in [4.69, 9.17) is 5.11 Å². The van der Waals surface area contributed by atoms with Crippen molar-refractivity contribution in [2.24, 2.45) is 0 Å². The SMILES string of the molecule is CN(C)c1ccc(C[NH2+]CCCCO)cc1. The van der Waals surface area contributed by atoms with Gasteiger partial charge in [0.05, 0.1) is 6.54 Å². The Morgan fingerprint density at radius 2 is 1.81 bits per heavy atom. The maximum Gasteiger partial charge on any atom is 0.101 e. The van der Waals surface area contributed by atoms with Crippen molar-refractivity contribution < 1.29 is 10.4 Å². The Bertz CT molecular complexity index is 282. The molecule has 0 aliphatic rings. The van der Waals surface area contributed by atoms with Crippen LogP contribution in [0.4, 0.5) is 5.69 Å². The summed E-state index contributed by atoms with van der Waals surface area (Å²) in [6, 6.07) is 8.66. The third-order valence-electron chi connectivity index (χ3n) is 2.65. The Morgan fingerprint density at radius 1 is 1.12 bits per heavy atom. The number of nitrogens with zero attached hydrogens (tertiary/aromatic N) is 1. The molecule has 3 nitrogen and oxygen atoms in total. The summed E-state index contributed by atoms with van der Waals surface area (Å²) in [4.78, 5) is 2.11. The van der Waals surface area contributed by atoms with Gasteiger partial charge in [-0.05, 0) is 25.0 Å². The van der Waals surface area contributed by atoms with Gasteiger partial charge < -0.3 is 15.3 Å². The summed E-state index contributed by atoms with van der Waals surface area (Å²) >= 11 is 0. The second-order valence-corrected chi connectivity index (χ2v) is 4.27. The monoisotopic (exact) mass is 223 g/mol. The molecule has 16 heavy (non-hydrogen) atoms. The number of hydrogen-bond acceptors (Lipinski definition) is 2. The second-order valence-electron chi connectivity index (χ2n) is 4.27.